The molecule has 0 bridgehead atoms. The van der Waals surface area contributed by atoms with Crippen LogP contribution in [0, 0.1) is 13.8 Å². The fourth-order valence-corrected chi connectivity index (χ4v) is 3.62. The maximum Gasteiger partial charge on any atom is 0.335 e. The van der Waals surface area contributed by atoms with E-state index in [1.54, 1.807) is 54.6 Å². The molecule has 188 valence electrons. The van der Waals surface area contributed by atoms with Crippen molar-refractivity contribution in [2.24, 2.45) is 0 Å². The molecule has 1 saturated heterocycles. The normalized spacial score (nSPS) is 14.4. The molecule has 1 aliphatic heterocycles. The fourth-order valence-electron chi connectivity index (χ4n) is 3.62. The van der Waals surface area contributed by atoms with Crippen LogP contribution < -0.4 is 25.0 Å². The van der Waals surface area contributed by atoms with Crippen LogP contribution in [0.4, 0.5) is 16.2 Å². The lowest BCUT2D eigenvalue weighted by atomic mass is 10.1. The number of benzene rings is 3. The smallest absolute Gasteiger partial charge is 0.335 e. The standard InChI is InChI=1S/C28H25N3O6/c1-17-4-9-20(10-5-17)29-25(32)16-37-23-13-8-19(15-24(23)36-3)14-22-26(33)30-28(35)31(27(22)34)21-11-6-18(2)7-12-21/h4-15H,16H2,1-3H3,(H,29,32)(H,30,33,35). The first kappa shape index (κ1) is 25.2. The van der Waals surface area contributed by atoms with Crippen LogP contribution in [0.25, 0.3) is 6.08 Å². The summed E-state index contributed by atoms with van der Waals surface area (Å²) in [6.07, 6.45) is 1.36. The second kappa shape index (κ2) is 10.8. The van der Waals surface area contributed by atoms with Crippen molar-refractivity contribution in [2.75, 3.05) is 23.9 Å². The van der Waals surface area contributed by atoms with Crippen LogP contribution in [0.5, 0.6) is 11.5 Å². The van der Waals surface area contributed by atoms with Crippen LogP contribution in [0.1, 0.15) is 16.7 Å². The molecule has 0 radical (unpaired) electrons. The Balaban J connectivity index is 1.50. The van der Waals surface area contributed by atoms with Gasteiger partial charge in [0.25, 0.3) is 17.7 Å². The first-order valence-corrected chi connectivity index (χ1v) is 11.4. The summed E-state index contributed by atoms with van der Waals surface area (Å²) in [6.45, 7) is 3.59. The zero-order valence-electron chi connectivity index (χ0n) is 20.5. The maximum absolute atomic E-state index is 13.1. The van der Waals surface area contributed by atoms with Gasteiger partial charge >= 0.3 is 6.03 Å². The quantitative estimate of drug-likeness (QED) is 0.375. The second-order valence-corrected chi connectivity index (χ2v) is 8.41. The summed E-state index contributed by atoms with van der Waals surface area (Å²) in [4.78, 5) is 51.1. The molecule has 0 aliphatic carbocycles. The van der Waals surface area contributed by atoms with E-state index in [-0.39, 0.29) is 18.1 Å². The molecule has 1 fully saturated rings. The highest BCUT2D eigenvalue weighted by molar-refractivity contribution is 6.39. The molecule has 0 aromatic heterocycles. The molecule has 0 atom stereocenters. The van der Waals surface area contributed by atoms with Crippen molar-refractivity contribution >= 4 is 41.2 Å². The van der Waals surface area contributed by atoms with Crippen molar-refractivity contribution in [1.82, 2.24) is 5.32 Å². The van der Waals surface area contributed by atoms with E-state index in [9.17, 15) is 19.2 Å². The molecule has 4 rings (SSSR count). The number of aryl methyl sites for hydroxylation is 2. The summed E-state index contributed by atoms with van der Waals surface area (Å²) in [5, 5.41) is 4.95. The molecule has 0 unspecified atom stereocenters. The van der Waals surface area contributed by atoms with E-state index in [1.165, 1.54) is 13.2 Å². The van der Waals surface area contributed by atoms with E-state index in [4.69, 9.17) is 9.47 Å². The summed E-state index contributed by atoms with van der Waals surface area (Å²) in [5.41, 5.74) is 3.29. The topological polar surface area (TPSA) is 114 Å². The largest absolute Gasteiger partial charge is 0.493 e. The number of rotatable bonds is 7. The molecule has 3 aromatic rings. The van der Waals surface area contributed by atoms with Crippen molar-refractivity contribution < 1.29 is 28.7 Å². The molecular weight excluding hydrogens is 474 g/mol. The van der Waals surface area contributed by atoms with Crippen molar-refractivity contribution in [1.29, 1.82) is 0 Å². The number of hydrogen-bond acceptors (Lipinski definition) is 6. The van der Waals surface area contributed by atoms with Gasteiger partial charge in [-0.2, -0.15) is 0 Å². The molecule has 0 saturated carbocycles. The second-order valence-electron chi connectivity index (χ2n) is 8.41. The molecule has 1 heterocycles. The van der Waals surface area contributed by atoms with Crippen LogP contribution in [0.3, 0.4) is 0 Å². The maximum atomic E-state index is 13.1. The number of hydrogen-bond donors (Lipinski definition) is 2. The molecule has 9 heteroatoms. The number of urea groups is 1. The van der Waals surface area contributed by atoms with E-state index >= 15 is 0 Å². The van der Waals surface area contributed by atoms with Crippen LogP contribution in [-0.4, -0.2) is 37.5 Å². The van der Waals surface area contributed by atoms with Crippen LogP contribution >= 0.6 is 0 Å². The van der Waals surface area contributed by atoms with Gasteiger partial charge in [-0.25, -0.2) is 9.69 Å². The Hall–Kier alpha value is -4.92. The van der Waals surface area contributed by atoms with Crippen molar-refractivity contribution in [3.63, 3.8) is 0 Å². The molecule has 2 N–H and O–H groups in total. The van der Waals surface area contributed by atoms with Gasteiger partial charge in [-0.15, -0.1) is 0 Å². The molecule has 0 spiro atoms. The van der Waals surface area contributed by atoms with Crippen LogP contribution in [-0.2, 0) is 14.4 Å². The minimum Gasteiger partial charge on any atom is -0.493 e. The Bertz CT molecular complexity index is 1390. The number of amides is 5. The third kappa shape index (κ3) is 5.84. The molecule has 3 aromatic carbocycles. The van der Waals surface area contributed by atoms with E-state index in [1.807, 2.05) is 26.0 Å². The average molecular weight is 500 g/mol. The van der Waals surface area contributed by atoms with Gasteiger partial charge < -0.3 is 14.8 Å². The lowest BCUT2D eigenvalue weighted by molar-refractivity contribution is -0.122. The summed E-state index contributed by atoms with van der Waals surface area (Å²) in [7, 11) is 1.43. The minimum absolute atomic E-state index is 0.214. The molecular formula is C28H25N3O6. The van der Waals surface area contributed by atoms with Crippen molar-refractivity contribution in [2.45, 2.75) is 13.8 Å². The Kier molecular flexibility index (Phi) is 7.34. The molecule has 5 amide bonds. The van der Waals surface area contributed by atoms with Crippen molar-refractivity contribution in [3.8, 4) is 11.5 Å². The van der Waals surface area contributed by atoms with E-state index in [0.717, 1.165) is 16.0 Å². The van der Waals surface area contributed by atoms with E-state index in [0.29, 0.717) is 28.4 Å². The van der Waals surface area contributed by atoms with Gasteiger partial charge in [0.05, 0.1) is 12.8 Å². The summed E-state index contributed by atoms with van der Waals surface area (Å²) >= 11 is 0. The lowest BCUT2D eigenvalue weighted by Crippen LogP contribution is -2.54. The Morgan fingerprint density at radius 2 is 1.57 bits per heavy atom. The summed E-state index contributed by atoms with van der Waals surface area (Å²) < 4.78 is 11.0. The van der Waals surface area contributed by atoms with Gasteiger partial charge in [-0.05, 0) is 61.9 Å². The predicted octanol–water partition coefficient (Wildman–Crippen LogP) is 4.00. The summed E-state index contributed by atoms with van der Waals surface area (Å²) in [5.74, 6) is -1.29. The van der Waals surface area contributed by atoms with Gasteiger partial charge in [-0.1, -0.05) is 41.5 Å². The monoisotopic (exact) mass is 499 g/mol. The first-order valence-electron chi connectivity index (χ1n) is 11.4. The Morgan fingerprint density at radius 3 is 2.22 bits per heavy atom. The van der Waals surface area contributed by atoms with Crippen molar-refractivity contribution in [3.05, 3.63) is 89.0 Å². The number of anilines is 2. The third-order valence-electron chi connectivity index (χ3n) is 5.59. The number of methoxy groups -OCH3 is 1. The van der Waals surface area contributed by atoms with E-state index in [2.05, 4.69) is 10.6 Å². The number of imide groups is 2. The van der Waals surface area contributed by atoms with Crippen LogP contribution in [0.2, 0.25) is 0 Å². The highest BCUT2D eigenvalue weighted by atomic mass is 16.5. The first-order chi connectivity index (χ1) is 17.7. The fraction of sp³-hybridized carbons (Fsp3) is 0.143. The van der Waals surface area contributed by atoms with Gasteiger partial charge in [0.2, 0.25) is 0 Å². The SMILES string of the molecule is COc1cc(C=C2C(=O)NC(=O)N(c3ccc(C)cc3)C2=O)ccc1OCC(=O)Nc1ccc(C)cc1. The zero-order chi connectivity index (χ0) is 26.5. The Morgan fingerprint density at radius 1 is 0.919 bits per heavy atom. The third-order valence-corrected chi connectivity index (χ3v) is 5.59. The number of carbonyl (C=O) groups excluding carboxylic acids is 4. The molecule has 1 aliphatic rings. The predicted molar refractivity (Wildman–Crippen MR) is 138 cm³/mol. The lowest BCUT2D eigenvalue weighted by Gasteiger charge is -2.26. The average Bonchev–Trinajstić information content (AvgIpc) is 2.88. The van der Waals surface area contributed by atoms with E-state index < -0.39 is 17.8 Å². The zero-order valence-corrected chi connectivity index (χ0v) is 20.5. The highest BCUT2D eigenvalue weighted by Gasteiger charge is 2.36. The number of ether oxygens (including phenoxy) is 2. The van der Waals surface area contributed by atoms with Gasteiger partial charge in [0.15, 0.2) is 18.1 Å². The van der Waals surface area contributed by atoms with Gasteiger partial charge in [0, 0.05) is 5.69 Å². The Labute approximate surface area is 213 Å². The molecule has 9 nitrogen and oxygen atoms in total. The molecule has 37 heavy (non-hydrogen) atoms. The number of carbonyl (C=O) groups is 4. The number of nitrogens with zero attached hydrogens (tertiary/aromatic N) is 1. The van der Waals surface area contributed by atoms with Gasteiger partial charge in [-0.3, -0.25) is 19.7 Å². The summed E-state index contributed by atoms with van der Waals surface area (Å²) in [6, 6.07) is 18.1. The van der Waals surface area contributed by atoms with Crippen LogP contribution in [0.15, 0.2) is 72.3 Å². The van der Waals surface area contributed by atoms with Gasteiger partial charge in [0.1, 0.15) is 5.57 Å². The minimum atomic E-state index is -0.818. The number of barbiturate groups is 1. The number of nitrogens with one attached hydrogen (secondary N) is 2. The highest BCUT2D eigenvalue weighted by Crippen LogP contribution is 2.30.